The van der Waals surface area contributed by atoms with Gasteiger partial charge in [-0.05, 0) is 29.8 Å². The third-order valence-corrected chi connectivity index (χ3v) is 2.91. The third-order valence-electron chi connectivity index (χ3n) is 2.91. The molecule has 0 spiro atoms. The number of nitrogens with two attached hydrogens (primary N) is 1. The molecule has 0 unspecified atom stereocenters. The highest BCUT2D eigenvalue weighted by Crippen LogP contribution is 2.05. The first-order chi connectivity index (χ1) is 10.3. The van der Waals surface area contributed by atoms with E-state index in [1.54, 1.807) is 0 Å². The average Bonchev–Trinajstić information content (AvgIpc) is 2.53. The van der Waals surface area contributed by atoms with Crippen molar-refractivity contribution in [1.82, 2.24) is 5.32 Å². The molecule has 0 aliphatic rings. The summed E-state index contributed by atoms with van der Waals surface area (Å²) in [6.07, 6.45) is 0.367. The summed E-state index contributed by atoms with van der Waals surface area (Å²) in [5.74, 6) is 6.20. The molecule has 106 valence electrons. The van der Waals surface area contributed by atoms with Gasteiger partial charge in [0.1, 0.15) is 0 Å². The number of hydrogen-bond acceptors (Lipinski definition) is 2. The van der Waals surface area contributed by atoms with E-state index in [9.17, 15) is 4.79 Å². The van der Waals surface area contributed by atoms with Crippen LogP contribution in [0.25, 0.3) is 0 Å². The van der Waals surface area contributed by atoms with Crippen LogP contribution in [0.1, 0.15) is 16.7 Å². The molecule has 3 heteroatoms. The van der Waals surface area contributed by atoms with Gasteiger partial charge in [-0.25, -0.2) is 0 Å². The Morgan fingerprint density at radius 3 is 2.19 bits per heavy atom. The molecule has 0 fully saturated rings. The van der Waals surface area contributed by atoms with Gasteiger partial charge in [0.15, 0.2) is 0 Å². The highest BCUT2D eigenvalue weighted by Gasteiger charge is 2.01. The predicted molar refractivity (Wildman–Crippen MR) is 84.6 cm³/mol. The van der Waals surface area contributed by atoms with Gasteiger partial charge in [0, 0.05) is 24.2 Å². The Morgan fingerprint density at radius 1 is 0.952 bits per heavy atom. The second kappa shape index (κ2) is 7.88. The van der Waals surface area contributed by atoms with Gasteiger partial charge in [0.25, 0.3) is 0 Å². The first-order valence-electron chi connectivity index (χ1n) is 6.91. The summed E-state index contributed by atoms with van der Waals surface area (Å²) in [7, 11) is 0. The fraction of sp³-hybridized carbons (Fsp3) is 0.167. The van der Waals surface area contributed by atoms with Crippen LogP contribution in [-0.4, -0.2) is 19.0 Å². The number of rotatable bonds is 4. The zero-order valence-electron chi connectivity index (χ0n) is 11.8. The van der Waals surface area contributed by atoms with E-state index in [1.165, 1.54) is 0 Å². The molecule has 0 bridgehead atoms. The molecule has 21 heavy (non-hydrogen) atoms. The van der Waals surface area contributed by atoms with Gasteiger partial charge in [-0.1, -0.05) is 42.2 Å². The van der Waals surface area contributed by atoms with Crippen molar-refractivity contribution in [3.8, 4) is 11.8 Å². The van der Waals surface area contributed by atoms with Crippen molar-refractivity contribution in [3.63, 3.8) is 0 Å². The molecule has 2 aromatic carbocycles. The normalized spacial score (nSPS) is 9.57. The zero-order valence-corrected chi connectivity index (χ0v) is 11.8. The number of hydrogen-bond donors (Lipinski definition) is 2. The van der Waals surface area contributed by atoms with Crippen LogP contribution in [0.2, 0.25) is 0 Å². The molecule has 0 heterocycles. The van der Waals surface area contributed by atoms with Crippen molar-refractivity contribution in [2.24, 2.45) is 5.73 Å². The standard InChI is InChI=1S/C18H18N2O/c19-12-13-20-18(21)14-17-10-8-16(9-11-17)7-6-15-4-2-1-3-5-15/h1-5,8-11H,12-14,19H2,(H,20,21). The van der Waals surface area contributed by atoms with Crippen molar-refractivity contribution in [2.45, 2.75) is 6.42 Å². The Bertz CT molecular complexity index is 636. The van der Waals surface area contributed by atoms with Gasteiger partial charge in [-0.3, -0.25) is 4.79 Å². The van der Waals surface area contributed by atoms with Crippen molar-refractivity contribution < 1.29 is 4.79 Å². The Kier molecular flexibility index (Phi) is 5.57. The van der Waals surface area contributed by atoms with Crippen molar-refractivity contribution in [2.75, 3.05) is 13.1 Å². The minimum atomic E-state index is -0.0106. The lowest BCUT2D eigenvalue weighted by atomic mass is 10.1. The molecule has 1 amide bonds. The van der Waals surface area contributed by atoms with Crippen LogP contribution in [0, 0.1) is 11.8 Å². The second-order valence-electron chi connectivity index (χ2n) is 4.63. The van der Waals surface area contributed by atoms with Crippen LogP contribution in [0.5, 0.6) is 0 Å². The third kappa shape index (κ3) is 5.13. The minimum Gasteiger partial charge on any atom is -0.355 e. The molecular formula is C18H18N2O. The van der Waals surface area contributed by atoms with Crippen LogP contribution in [0.4, 0.5) is 0 Å². The Hall–Kier alpha value is -2.57. The Morgan fingerprint density at radius 2 is 1.57 bits per heavy atom. The second-order valence-corrected chi connectivity index (χ2v) is 4.63. The summed E-state index contributed by atoms with van der Waals surface area (Å²) in [6.45, 7) is 0.971. The minimum absolute atomic E-state index is 0.0106. The molecule has 0 saturated carbocycles. The monoisotopic (exact) mass is 278 g/mol. The lowest BCUT2D eigenvalue weighted by molar-refractivity contribution is -0.120. The molecule has 0 aromatic heterocycles. The fourth-order valence-electron chi connectivity index (χ4n) is 1.83. The molecule has 0 aliphatic carbocycles. The van der Waals surface area contributed by atoms with Gasteiger partial charge in [-0.2, -0.15) is 0 Å². The smallest absolute Gasteiger partial charge is 0.224 e. The number of carbonyl (C=O) groups excluding carboxylic acids is 1. The van der Waals surface area contributed by atoms with Crippen LogP contribution in [0.15, 0.2) is 54.6 Å². The number of amides is 1. The predicted octanol–water partition coefficient (Wildman–Crippen LogP) is 1.70. The largest absolute Gasteiger partial charge is 0.355 e. The maximum atomic E-state index is 11.6. The quantitative estimate of drug-likeness (QED) is 0.836. The summed E-state index contributed by atoms with van der Waals surface area (Å²) in [6, 6.07) is 17.6. The molecule has 3 nitrogen and oxygen atoms in total. The maximum Gasteiger partial charge on any atom is 0.224 e. The van der Waals surface area contributed by atoms with E-state index in [0.717, 1.165) is 16.7 Å². The first kappa shape index (κ1) is 14.8. The van der Waals surface area contributed by atoms with Gasteiger partial charge >= 0.3 is 0 Å². The van der Waals surface area contributed by atoms with Crippen molar-refractivity contribution in [3.05, 3.63) is 71.3 Å². The molecule has 0 atom stereocenters. The average molecular weight is 278 g/mol. The summed E-state index contributed by atoms with van der Waals surface area (Å²) in [5.41, 5.74) is 8.23. The summed E-state index contributed by atoms with van der Waals surface area (Å²) in [4.78, 5) is 11.6. The van der Waals surface area contributed by atoms with Gasteiger partial charge in [-0.15, -0.1) is 0 Å². The van der Waals surface area contributed by atoms with Crippen LogP contribution in [0.3, 0.4) is 0 Å². The van der Waals surface area contributed by atoms with E-state index in [4.69, 9.17) is 5.73 Å². The van der Waals surface area contributed by atoms with E-state index in [2.05, 4.69) is 17.2 Å². The Balaban J connectivity index is 1.96. The molecule has 2 aromatic rings. The number of nitrogens with one attached hydrogen (secondary N) is 1. The molecule has 0 saturated heterocycles. The van der Waals surface area contributed by atoms with Gasteiger partial charge in [0.2, 0.25) is 5.91 Å². The van der Waals surface area contributed by atoms with E-state index in [0.29, 0.717) is 19.5 Å². The number of benzene rings is 2. The van der Waals surface area contributed by atoms with E-state index in [1.807, 2.05) is 54.6 Å². The molecule has 2 rings (SSSR count). The van der Waals surface area contributed by atoms with Gasteiger partial charge in [0.05, 0.1) is 6.42 Å². The maximum absolute atomic E-state index is 11.6. The highest BCUT2D eigenvalue weighted by molar-refractivity contribution is 5.78. The summed E-state index contributed by atoms with van der Waals surface area (Å²) >= 11 is 0. The van der Waals surface area contributed by atoms with Crippen LogP contribution < -0.4 is 11.1 Å². The van der Waals surface area contributed by atoms with Crippen LogP contribution in [-0.2, 0) is 11.2 Å². The molecular weight excluding hydrogens is 260 g/mol. The van der Waals surface area contributed by atoms with Gasteiger partial charge < -0.3 is 11.1 Å². The van der Waals surface area contributed by atoms with E-state index < -0.39 is 0 Å². The van der Waals surface area contributed by atoms with E-state index >= 15 is 0 Å². The summed E-state index contributed by atoms with van der Waals surface area (Å²) < 4.78 is 0. The highest BCUT2D eigenvalue weighted by atomic mass is 16.1. The SMILES string of the molecule is NCCNC(=O)Cc1ccc(C#Cc2ccccc2)cc1. The Labute approximate surface area is 125 Å². The van der Waals surface area contributed by atoms with E-state index in [-0.39, 0.29) is 5.91 Å². The number of carbonyl (C=O) groups is 1. The first-order valence-corrected chi connectivity index (χ1v) is 6.91. The summed E-state index contributed by atoms with van der Waals surface area (Å²) in [5, 5.41) is 2.75. The van der Waals surface area contributed by atoms with Crippen molar-refractivity contribution in [1.29, 1.82) is 0 Å². The lowest BCUT2D eigenvalue weighted by Crippen LogP contribution is -2.30. The molecule has 0 aliphatic heterocycles. The fourth-order valence-corrected chi connectivity index (χ4v) is 1.83. The lowest BCUT2D eigenvalue weighted by Gasteiger charge is -2.03. The zero-order chi connectivity index (χ0) is 14.9. The van der Waals surface area contributed by atoms with Crippen LogP contribution >= 0.6 is 0 Å². The topological polar surface area (TPSA) is 55.1 Å². The van der Waals surface area contributed by atoms with Crippen molar-refractivity contribution >= 4 is 5.91 Å². The molecule has 3 N–H and O–H groups in total. The molecule has 0 radical (unpaired) electrons.